The number of amides is 1. The predicted octanol–water partition coefficient (Wildman–Crippen LogP) is 8.12. The van der Waals surface area contributed by atoms with Crippen LogP contribution < -0.4 is 10.2 Å². The first-order valence-corrected chi connectivity index (χ1v) is 17.0. The van der Waals surface area contributed by atoms with Crippen molar-refractivity contribution in [3.63, 3.8) is 0 Å². The Hall–Kier alpha value is -3.71. The second kappa shape index (κ2) is 14.4. The molecule has 1 amide bonds. The standard InChI is InChI=1S/C39H51N3O4/c1-25(2)45-38(44)36(46-39(5,6)7)34-27(4)41-26(3)33(35(34)42-22-21-29-15-11-12-16-32(29)24-42)30-17-19-31(20-18-30)37(43)40-23-28-13-9-8-10-14-28/h8-10,13-14,17-20,25,29,32,36H,11-12,15-16,21-24H2,1-7H3,(H,40,43)/t29-,32-,36?/m1/s1. The van der Waals surface area contributed by atoms with Crippen LogP contribution in [0.15, 0.2) is 54.6 Å². The van der Waals surface area contributed by atoms with E-state index in [1.807, 2.05) is 103 Å². The van der Waals surface area contributed by atoms with E-state index in [1.54, 1.807) is 0 Å². The third kappa shape index (κ3) is 7.98. The Labute approximate surface area is 275 Å². The molecule has 1 saturated heterocycles. The van der Waals surface area contributed by atoms with Gasteiger partial charge in [-0.1, -0.05) is 61.7 Å². The number of anilines is 1. The van der Waals surface area contributed by atoms with Gasteiger partial charge in [-0.2, -0.15) is 0 Å². The summed E-state index contributed by atoms with van der Waals surface area (Å²) in [7, 11) is 0. The van der Waals surface area contributed by atoms with E-state index in [1.165, 1.54) is 25.7 Å². The molecule has 2 fully saturated rings. The first-order valence-electron chi connectivity index (χ1n) is 17.0. The van der Waals surface area contributed by atoms with E-state index in [0.29, 0.717) is 18.0 Å². The molecule has 2 aliphatic rings. The number of hydrogen-bond donors (Lipinski definition) is 1. The Morgan fingerprint density at radius 3 is 2.26 bits per heavy atom. The van der Waals surface area contributed by atoms with Crippen LogP contribution in [-0.4, -0.2) is 41.7 Å². The van der Waals surface area contributed by atoms with Gasteiger partial charge in [-0.25, -0.2) is 4.79 Å². The minimum atomic E-state index is -0.934. The molecule has 1 aliphatic heterocycles. The third-order valence-electron chi connectivity index (χ3n) is 9.22. The van der Waals surface area contributed by atoms with Crippen molar-refractivity contribution in [3.05, 3.63) is 82.7 Å². The molecular weight excluding hydrogens is 574 g/mol. The molecule has 1 saturated carbocycles. The molecule has 7 nitrogen and oxygen atoms in total. The number of aryl methyl sites for hydroxylation is 2. The maximum atomic E-state index is 13.8. The van der Waals surface area contributed by atoms with Crippen LogP contribution in [0.4, 0.5) is 5.69 Å². The van der Waals surface area contributed by atoms with Crippen LogP contribution in [0.3, 0.4) is 0 Å². The number of fused-ring (bicyclic) bond motifs is 1. The molecule has 1 aromatic heterocycles. The van der Waals surface area contributed by atoms with Gasteiger partial charge in [0.25, 0.3) is 5.91 Å². The summed E-state index contributed by atoms with van der Waals surface area (Å²) in [6.45, 7) is 16.0. The zero-order valence-corrected chi connectivity index (χ0v) is 28.7. The lowest BCUT2D eigenvalue weighted by Crippen LogP contribution is -2.43. The molecule has 7 heteroatoms. The molecule has 5 rings (SSSR count). The summed E-state index contributed by atoms with van der Waals surface area (Å²) in [6, 6.07) is 17.7. The Kier molecular flexibility index (Phi) is 10.5. The van der Waals surface area contributed by atoms with E-state index < -0.39 is 17.7 Å². The molecule has 1 unspecified atom stereocenters. The first kappa shape index (κ1) is 33.6. The number of nitrogens with zero attached hydrogens (tertiary/aromatic N) is 2. The number of nitrogens with one attached hydrogen (secondary N) is 1. The topological polar surface area (TPSA) is 80.8 Å². The minimum absolute atomic E-state index is 0.121. The van der Waals surface area contributed by atoms with Gasteiger partial charge in [-0.05, 0) is 96.4 Å². The van der Waals surface area contributed by atoms with E-state index in [9.17, 15) is 9.59 Å². The van der Waals surface area contributed by atoms with Gasteiger partial charge in [0.15, 0.2) is 6.10 Å². The van der Waals surface area contributed by atoms with Crippen molar-refractivity contribution >= 4 is 17.6 Å². The van der Waals surface area contributed by atoms with Crippen molar-refractivity contribution in [2.75, 3.05) is 18.0 Å². The summed E-state index contributed by atoms with van der Waals surface area (Å²) < 4.78 is 12.4. The van der Waals surface area contributed by atoms with Crippen LogP contribution >= 0.6 is 0 Å². The smallest absolute Gasteiger partial charge is 0.340 e. The number of rotatable bonds is 9. The van der Waals surface area contributed by atoms with Crippen LogP contribution in [0.1, 0.15) is 106 Å². The van der Waals surface area contributed by atoms with Crippen molar-refractivity contribution in [2.24, 2.45) is 11.8 Å². The van der Waals surface area contributed by atoms with Gasteiger partial charge < -0.3 is 19.7 Å². The Morgan fingerprint density at radius 1 is 0.935 bits per heavy atom. The van der Waals surface area contributed by atoms with Crippen LogP contribution in [0, 0.1) is 25.7 Å². The largest absolute Gasteiger partial charge is 0.461 e. The first-order chi connectivity index (χ1) is 21.9. The molecule has 1 N–H and O–H groups in total. The SMILES string of the molecule is Cc1nc(C)c(C(OC(C)(C)C)C(=O)OC(C)C)c(N2CC[C@H]3CCCC[C@@H]3C2)c1-c1ccc(C(=O)NCc2ccccc2)cc1. The van der Waals surface area contributed by atoms with Crippen LogP contribution in [0.2, 0.25) is 0 Å². The fourth-order valence-electron chi connectivity index (χ4n) is 7.18. The number of esters is 1. The number of aromatic nitrogens is 1. The van der Waals surface area contributed by atoms with Gasteiger partial charge in [-0.3, -0.25) is 9.78 Å². The maximum absolute atomic E-state index is 13.8. The molecule has 246 valence electrons. The fourth-order valence-corrected chi connectivity index (χ4v) is 7.18. The monoisotopic (exact) mass is 625 g/mol. The van der Waals surface area contributed by atoms with E-state index in [4.69, 9.17) is 14.5 Å². The quantitative estimate of drug-likeness (QED) is 0.242. The molecule has 0 radical (unpaired) electrons. The molecular formula is C39H51N3O4. The highest BCUT2D eigenvalue weighted by Crippen LogP contribution is 2.46. The van der Waals surface area contributed by atoms with Gasteiger partial charge in [0, 0.05) is 47.7 Å². The van der Waals surface area contributed by atoms with Crippen molar-refractivity contribution in [1.29, 1.82) is 0 Å². The van der Waals surface area contributed by atoms with Gasteiger partial charge in [0.1, 0.15) is 0 Å². The molecule has 3 aromatic rings. The Morgan fingerprint density at radius 2 is 1.61 bits per heavy atom. The number of carbonyl (C=O) groups excluding carboxylic acids is 2. The second-order valence-corrected chi connectivity index (χ2v) is 14.3. The van der Waals surface area contributed by atoms with Crippen molar-refractivity contribution in [1.82, 2.24) is 10.3 Å². The van der Waals surface area contributed by atoms with Gasteiger partial charge >= 0.3 is 5.97 Å². The number of benzene rings is 2. The highest BCUT2D eigenvalue weighted by molar-refractivity contribution is 5.95. The van der Waals surface area contributed by atoms with E-state index in [0.717, 1.165) is 64.8 Å². The lowest BCUT2D eigenvalue weighted by molar-refractivity contribution is -0.171. The van der Waals surface area contributed by atoms with Crippen LogP contribution in [-0.2, 0) is 20.8 Å². The van der Waals surface area contributed by atoms with E-state index in [2.05, 4.69) is 10.2 Å². The number of carbonyl (C=O) groups is 2. The van der Waals surface area contributed by atoms with Crippen molar-refractivity contribution in [3.8, 4) is 11.1 Å². The lowest BCUT2D eigenvalue weighted by atomic mass is 9.74. The van der Waals surface area contributed by atoms with Gasteiger partial charge in [0.2, 0.25) is 0 Å². The molecule has 2 heterocycles. The minimum Gasteiger partial charge on any atom is -0.461 e. The van der Waals surface area contributed by atoms with Crippen LogP contribution in [0.25, 0.3) is 11.1 Å². The van der Waals surface area contributed by atoms with E-state index in [-0.39, 0.29) is 12.0 Å². The molecule has 0 spiro atoms. The zero-order chi connectivity index (χ0) is 33.0. The Bertz CT molecular complexity index is 1510. The van der Waals surface area contributed by atoms with Crippen LogP contribution in [0.5, 0.6) is 0 Å². The van der Waals surface area contributed by atoms with Gasteiger partial charge in [-0.15, -0.1) is 0 Å². The molecule has 1 aliphatic carbocycles. The molecule has 46 heavy (non-hydrogen) atoms. The summed E-state index contributed by atoms with van der Waals surface area (Å²) in [6.07, 6.45) is 5.05. The predicted molar refractivity (Wildman–Crippen MR) is 184 cm³/mol. The maximum Gasteiger partial charge on any atom is 0.340 e. The third-order valence-corrected chi connectivity index (χ3v) is 9.22. The summed E-state index contributed by atoms with van der Waals surface area (Å²) in [5.41, 5.74) is 6.42. The molecule has 3 atom stereocenters. The van der Waals surface area contributed by atoms with E-state index >= 15 is 0 Å². The summed E-state index contributed by atoms with van der Waals surface area (Å²) >= 11 is 0. The number of hydrogen-bond acceptors (Lipinski definition) is 6. The fraction of sp³-hybridized carbons (Fsp3) is 0.513. The average molecular weight is 626 g/mol. The highest BCUT2D eigenvalue weighted by Gasteiger charge is 2.39. The number of piperidine rings is 1. The second-order valence-electron chi connectivity index (χ2n) is 14.3. The summed E-state index contributed by atoms with van der Waals surface area (Å²) in [5, 5.41) is 3.03. The molecule has 2 aromatic carbocycles. The summed E-state index contributed by atoms with van der Waals surface area (Å²) in [4.78, 5) is 34.4. The lowest BCUT2D eigenvalue weighted by Gasteiger charge is -2.44. The molecule has 0 bridgehead atoms. The van der Waals surface area contributed by atoms with Gasteiger partial charge in [0.05, 0.1) is 17.4 Å². The van der Waals surface area contributed by atoms with Crippen molar-refractivity contribution in [2.45, 2.75) is 105 Å². The Balaban J connectivity index is 1.58. The number of pyridine rings is 1. The number of ether oxygens (including phenoxy) is 2. The normalized spacial score (nSPS) is 19.0. The average Bonchev–Trinajstić information content (AvgIpc) is 3.02. The zero-order valence-electron chi connectivity index (χ0n) is 28.7. The summed E-state index contributed by atoms with van der Waals surface area (Å²) in [5.74, 6) is 0.854. The van der Waals surface area contributed by atoms with Crippen molar-refractivity contribution < 1.29 is 19.1 Å². The highest BCUT2D eigenvalue weighted by atomic mass is 16.6.